The Morgan fingerprint density at radius 1 is 1.03 bits per heavy atom. The quantitative estimate of drug-likeness (QED) is 0.376. The lowest BCUT2D eigenvalue weighted by atomic mass is 9.83. The summed E-state index contributed by atoms with van der Waals surface area (Å²) in [5.74, 6) is -0.284. The number of thioether (sulfide) groups is 1. The zero-order valence-corrected chi connectivity index (χ0v) is 20.1. The first-order valence-corrected chi connectivity index (χ1v) is 13.2. The molecule has 0 saturated carbocycles. The van der Waals surface area contributed by atoms with Crippen LogP contribution in [-0.2, 0) is 6.42 Å². The third kappa shape index (κ3) is 3.58. The number of aryl methyl sites for hydroxylation is 1. The van der Waals surface area contributed by atoms with Crippen molar-refractivity contribution in [2.45, 2.75) is 23.8 Å². The van der Waals surface area contributed by atoms with Crippen molar-refractivity contribution in [1.29, 1.82) is 0 Å². The van der Waals surface area contributed by atoms with E-state index in [0.717, 1.165) is 40.8 Å². The number of nitrogens with zero attached hydrogens (tertiary/aromatic N) is 2. The molecule has 34 heavy (non-hydrogen) atoms. The topological polar surface area (TPSA) is 34.4 Å². The molecule has 0 saturated heterocycles. The molecule has 0 bridgehead atoms. The second kappa shape index (κ2) is 8.53. The zero-order chi connectivity index (χ0) is 23.2. The van der Waals surface area contributed by atoms with E-state index < -0.39 is 0 Å². The molecule has 3 aromatic carbocycles. The minimum Gasteiger partial charge on any atom is -0.272 e. The number of thiazole rings is 1. The van der Waals surface area contributed by atoms with E-state index >= 15 is 0 Å². The minimum absolute atomic E-state index is 0.0579. The molecule has 1 aliphatic heterocycles. The third-order valence-electron chi connectivity index (χ3n) is 6.47. The van der Waals surface area contributed by atoms with E-state index in [9.17, 15) is 9.18 Å². The maximum Gasteiger partial charge on any atom is 0.271 e. The normalized spacial score (nSPS) is 17.1. The number of allylic oxidation sites excluding steroid dienone is 1. The van der Waals surface area contributed by atoms with Gasteiger partial charge in [0, 0.05) is 10.5 Å². The van der Waals surface area contributed by atoms with Crippen LogP contribution in [0.2, 0.25) is 0 Å². The molecule has 0 radical (unpaired) electrons. The van der Waals surface area contributed by atoms with Gasteiger partial charge in [0.2, 0.25) is 0 Å². The first-order valence-electron chi connectivity index (χ1n) is 11.1. The summed E-state index contributed by atoms with van der Waals surface area (Å²) in [7, 11) is 0. The third-order valence-corrected chi connectivity index (χ3v) is 8.20. The highest BCUT2D eigenvalue weighted by molar-refractivity contribution is 7.98. The molecule has 168 valence electrons. The highest BCUT2D eigenvalue weighted by Gasteiger charge is 2.32. The Kier molecular flexibility index (Phi) is 5.35. The Hall–Kier alpha value is -3.22. The van der Waals surface area contributed by atoms with Gasteiger partial charge in [0.15, 0.2) is 4.80 Å². The van der Waals surface area contributed by atoms with E-state index in [0.29, 0.717) is 9.33 Å². The highest BCUT2D eigenvalue weighted by Crippen LogP contribution is 2.41. The smallest absolute Gasteiger partial charge is 0.271 e. The van der Waals surface area contributed by atoms with Crippen LogP contribution < -0.4 is 14.9 Å². The first kappa shape index (κ1) is 21.3. The van der Waals surface area contributed by atoms with Crippen LogP contribution in [0.5, 0.6) is 0 Å². The molecule has 6 heteroatoms. The average molecular weight is 485 g/mol. The van der Waals surface area contributed by atoms with Crippen LogP contribution in [0, 0.1) is 5.82 Å². The number of benzene rings is 3. The van der Waals surface area contributed by atoms with Crippen LogP contribution >= 0.6 is 23.1 Å². The molecule has 1 unspecified atom stereocenters. The van der Waals surface area contributed by atoms with Crippen LogP contribution in [-0.4, -0.2) is 10.8 Å². The SMILES string of the molecule is CSc1ccc(C=c2sc3n(c2=O)C(c2ccc(F)cc2)C2=C(N=3)c3ccccc3CC2)cc1. The van der Waals surface area contributed by atoms with E-state index in [-0.39, 0.29) is 17.4 Å². The molecule has 0 fully saturated rings. The van der Waals surface area contributed by atoms with E-state index in [4.69, 9.17) is 4.99 Å². The fraction of sp³-hybridized carbons (Fsp3) is 0.143. The summed E-state index contributed by atoms with van der Waals surface area (Å²) in [4.78, 5) is 20.6. The number of rotatable bonds is 3. The van der Waals surface area contributed by atoms with Gasteiger partial charge in [-0.3, -0.25) is 9.36 Å². The van der Waals surface area contributed by atoms with Gasteiger partial charge in [-0.2, -0.15) is 0 Å². The molecule has 4 aromatic rings. The van der Waals surface area contributed by atoms with Crippen molar-refractivity contribution in [3.05, 3.63) is 126 Å². The largest absolute Gasteiger partial charge is 0.272 e. The molecular weight excluding hydrogens is 463 g/mol. The summed E-state index contributed by atoms with van der Waals surface area (Å²) in [5, 5.41) is 0. The summed E-state index contributed by atoms with van der Waals surface area (Å²) in [5.41, 5.74) is 6.30. The van der Waals surface area contributed by atoms with Gasteiger partial charge in [-0.15, -0.1) is 11.8 Å². The van der Waals surface area contributed by atoms with Crippen molar-refractivity contribution >= 4 is 34.9 Å². The Bertz CT molecular complexity index is 1610. The van der Waals surface area contributed by atoms with Gasteiger partial charge in [0.1, 0.15) is 5.82 Å². The second-order valence-electron chi connectivity index (χ2n) is 8.44. The van der Waals surface area contributed by atoms with Crippen LogP contribution in [0.15, 0.2) is 93.1 Å². The monoisotopic (exact) mass is 484 g/mol. The number of fused-ring (bicyclic) bond motifs is 3. The Balaban J connectivity index is 1.59. The van der Waals surface area contributed by atoms with Gasteiger partial charge in [-0.05, 0) is 71.7 Å². The molecule has 6 rings (SSSR count). The van der Waals surface area contributed by atoms with E-state index in [1.165, 1.54) is 33.9 Å². The molecule has 1 aromatic heterocycles. The molecule has 0 spiro atoms. The Labute approximate surface area is 204 Å². The van der Waals surface area contributed by atoms with Gasteiger partial charge in [0.25, 0.3) is 5.56 Å². The highest BCUT2D eigenvalue weighted by atomic mass is 32.2. The van der Waals surface area contributed by atoms with E-state index in [2.05, 4.69) is 30.3 Å². The standard InChI is InChI=1S/C28H21FN2OS2/c1-33-21-13-6-17(7-14-21)16-24-27(32)31-26(19-8-11-20(29)12-9-19)23-15-10-18-4-2-3-5-22(18)25(23)30-28(31)34-24/h2-9,11-14,16,26H,10,15H2,1H3. The van der Waals surface area contributed by atoms with Gasteiger partial charge in [-0.1, -0.05) is 59.9 Å². The van der Waals surface area contributed by atoms with Crippen molar-refractivity contribution in [2.24, 2.45) is 4.99 Å². The van der Waals surface area contributed by atoms with Crippen LogP contribution in [0.1, 0.15) is 34.7 Å². The lowest BCUT2D eigenvalue weighted by Gasteiger charge is -2.30. The fourth-order valence-electron chi connectivity index (χ4n) is 4.82. The van der Waals surface area contributed by atoms with Crippen molar-refractivity contribution in [3.8, 4) is 0 Å². The van der Waals surface area contributed by atoms with Gasteiger partial charge in [0.05, 0.1) is 16.3 Å². The zero-order valence-electron chi connectivity index (χ0n) is 18.5. The molecule has 1 aliphatic carbocycles. The molecule has 2 heterocycles. The summed E-state index contributed by atoms with van der Waals surface area (Å²) < 4.78 is 16.2. The number of halogens is 1. The van der Waals surface area contributed by atoms with Crippen LogP contribution in [0.3, 0.4) is 0 Å². The number of aromatic nitrogens is 1. The summed E-state index contributed by atoms with van der Waals surface area (Å²) in [6.07, 6.45) is 5.70. The molecule has 3 nitrogen and oxygen atoms in total. The molecular formula is C28H21FN2OS2. The van der Waals surface area contributed by atoms with Crippen LogP contribution in [0.4, 0.5) is 4.39 Å². The maximum atomic E-state index is 13.8. The molecule has 2 aliphatic rings. The van der Waals surface area contributed by atoms with Crippen LogP contribution in [0.25, 0.3) is 11.8 Å². The average Bonchev–Trinajstić information content (AvgIpc) is 3.18. The van der Waals surface area contributed by atoms with E-state index in [1.54, 1.807) is 28.5 Å². The minimum atomic E-state index is -0.291. The molecule has 0 amide bonds. The van der Waals surface area contributed by atoms with Gasteiger partial charge >= 0.3 is 0 Å². The predicted molar refractivity (Wildman–Crippen MR) is 137 cm³/mol. The van der Waals surface area contributed by atoms with Crippen molar-refractivity contribution in [2.75, 3.05) is 6.26 Å². The summed E-state index contributed by atoms with van der Waals surface area (Å²) in [6, 6.07) is 22.7. The maximum absolute atomic E-state index is 13.8. The first-order chi connectivity index (χ1) is 16.6. The number of hydrogen-bond donors (Lipinski definition) is 0. The fourth-order valence-corrected chi connectivity index (χ4v) is 6.23. The number of hydrogen-bond acceptors (Lipinski definition) is 4. The van der Waals surface area contributed by atoms with Crippen molar-refractivity contribution < 1.29 is 4.39 Å². The Morgan fingerprint density at radius 2 is 1.79 bits per heavy atom. The summed E-state index contributed by atoms with van der Waals surface area (Å²) in [6.45, 7) is 0. The summed E-state index contributed by atoms with van der Waals surface area (Å²) >= 11 is 3.10. The van der Waals surface area contributed by atoms with Gasteiger partial charge < -0.3 is 0 Å². The second-order valence-corrected chi connectivity index (χ2v) is 10.3. The lowest BCUT2D eigenvalue weighted by molar-refractivity contribution is 0.581. The molecule has 1 atom stereocenters. The predicted octanol–water partition coefficient (Wildman–Crippen LogP) is 5.18. The van der Waals surface area contributed by atoms with Gasteiger partial charge in [-0.25, -0.2) is 9.38 Å². The Morgan fingerprint density at radius 3 is 2.56 bits per heavy atom. The van der Waals surface area contributed by atoms with Crippen molar-refractivity contribution in [1.82, 2.24) is 4.57 Å². The lowest BCUT2D eigenvalue weighted by Crippen LogP contribution is -2.38. The van der Waals surface area contributed by atoms with Crippen molar-refractivity contribution in [3.63, 3.8) is 0 Å². The van der Waals surface area contributed by atoms with E-state index in [1.807, 2.05) is 30.5 Å². The molecule has 0 N–H and O–H groups in total.